The van der Waals surface area contributed by atoms with Gasteiger partial charge in [0.25, 0.3) is 0 Å². The van der Waals surface area contributed by atoms with Crippen molar-refractivity contribution in [3.8, 4) is 0 Å². The van der Waals surface area contributed by atoms with Crippen LogP contribution in [0, 0.1) is 0 Å². The molecule has 0 saturated heterocycles. The molecule has 0 unspecified atom stereocenters. The van der Waals surface area contributed by atoms with E-state index in [1.165, 1.54) is 0 Å². The summed E-state index contributed by atoms with van der Waals surface area (Å²) in [5, 5.41) is 0. The van der Waals surface area contributed by atoms with E-state index >= 15 is 0 Å². The maximum atomic E-state index is 12.8. The van der Waals surface area contributed by atoms with Gasteiger partial charge in [0.05, 0.1) is 0 Å². The summed E-state index contributed by atoms with van der Waals surface area (Å²) in [5.74, 6) is -0.836. The number of benzene rings is 1. The number of hydrogen-bond acceptors (Lipinski definition) is 7. The number of aldehydes is 1. The van der Waals surface area contributed by atoms with Crippen LogP contribution >= 0.6 is 0 Å². The molecule has 1 rings (SSSR count). The average Bonchev–Trinajstić information content (AvgIpc) is 2.60. The van der Waals surface area contributed by atoms with Gasteiger partial charge in [0.1, 0.15) is 30.1 Å². The van der Waals surface area contributed by atoms with Crippen LogP contribution in [0.3, 0.4) is 0 Å². The Labute approximate surface area is 177 Å². The van der Waals surface area contributed by atoms with Gasteiger partial charge in [-0.3, -0.25) is 0 Å². The van der Waals surface area contributed by atoms with E-state index in [0.29, 0.717) is 11.2 Å². The number of esters is 1. The van der Waals surface area contributed by atoms with E-state index < -0.39 is 35.4 Å². The smallest absolute Gasteiger partial charge is 0.420 e. The second kappa shape index (κ2) is 10.8. The molecule has 0 radical (unpaired) electrons. The van der Waals surface area contributed by atoms with E-state index in [-0.39, 0.29) is 19.4 Å². The average molecular weight is 421 g/mol. The van der Waals surface area contributed by atoms with Crippen LogP contribution in [0.25, 0.3) is 0 Å². The first-order chi connectivity index (χ1) is 13.8. The monoisotopic (exact) mass is 421 g/mol. The van der Waals surface area contributed by atoms with E-state index in [2.05, 4.69) is 0 Å². The Morgan fingerprint density at radius 1 is 0.933 bits per heavy atom. The lowest BCUT2D eigenvalue weighted by Crippen LogP contribution is -2.52. The Bertz CT molecular complexity index is 704. The molecule has 166 valence electrons. The molecule has 0 aliphatic carbocycles. The molecular weight excluding hydrogens is 390 g/mol. The van der Waals surface area contributed by atoms with Gasteiger partial charge in [-0.25, -0.2) is 14.4 Å². The first-order valence-corrected chi connectivity index (χ1v) is 9.73. The minimum atomic E-state index is -1.37. The molecule has 0 aromatic heterocycles. The van der Waals surface area contributed by atoms with Crippen molar-refractivity contribution in [2.24, 2.45) is 0 Å². The van der Waals surface area contributed by atoms with Gasteiger partial charge in [-0.15, -0.1) is 0 Å². The minimum absolute atomic E-state index is 0.0479. The highest BCUT2D eigenvalue weighted by molar-refractivity contribution is 5.94. The summed E-state index contributed by atoms with van der Waals surface area (Å²) in [6.45, 7) is 9.74. The Balaban J connectivity index is 3.16. The van der Waals surface area contributed by atoms with Crippen LogP contribution in [0.5, 0.6) is 0 Å². The van der Waals surface area contributed by atoms with Crippen LogP contribution in [-0.4, -0.2) is 46.6 Å². The van der Waals surface area contributed by atoms with Gasteiger partial charge in [-0.1, -0.05) is 30.3 Å². The molecule has 0 bridgehead atoms. The molecule has 8 nitrogen and oxygen atoms in total. The molecule has 0 spiro atoms. The van der Waals surface area contributed by atoms with Crippen molar-refractivity contribution in [3.63, 3.8) is 0 Å². The summed E-state index contributed by atoms with van der Waals surface area (Å²) in [6, 6.07) is 7.58. The SMILES string of the molecule is CC(C)(C)OC(=O)N(C(=O)OC(C)(C)C)[C@@H](CCC=O)C(=O)OCc1ccccc1. The Hall–Kier alpha value is -2.90. The number of hydrogen-bond donors (Lipinski definition) is 0. The largest absolute Gasteiger partial charge is 0.459 e. The molecule has 0 aliphatic rings. The first kappa shape index (κ1) is 25.1. The summed E-state index contributed by atoms with van der Waals surface area (Å²) in [6.07, 6.45) is -1.68. The van der Waals surface area contributed by atoms with Gasteiger partial charge in [0.15, 0.2) is 0 Å². The number of carbonyl (C=O) groups excluding carboxylic acids is 4. The van der Waals surface area contributed by atoms with Gasteiger partial charge >= 0.3 is 18.2 Å². The lowest BCUT2D eigenvalue weighted by atomic mass is 10.1. The van der Waals surface area contributed by atoms with E-state index in [0.717, 1.165) is 5.56 Å². The minimum Gasteiger partial charge on any atom is -0.459 e. The zero-order chi connectivity index (χ0) is 22.9. The number of nitrogens with zero attached hydrogens (tertiary/aromatic N) is 1. The van der Waals surface area contributed by atoms with E-state index in [4.69, 9.17) is 14.2 Å². The van der Waals surface area contributed by atoms with E-state index in [1.54, 1.807) is 65.8 Å². The van der Waals surface area contributed by atoms with Crippen LogP contribution in [0.4, 0.5) is 9.59 Å². The van der Waals surface area contributed by atoms with Crippen molar-refractivity contribution in [1.82, 2.24) is 4.90 Å². The second-order valence-corrected chi connectivity index (χ2v) is 8.68. The first-order valence-electron chi connectivity index (χ1n) is 9.73. The number of amides is 2. The fourth-order valence-corrected chi connectivity index (χ4v) is 2.35. The Kier molecular flexibility index (Phi) is 9.01. The van der Waals surface area contributed by atoms with Crippen molar-refractivity contribution in [3.05, 3.63) is 35.9 Å². The lowest BCUT2D eigenvalue weighted by molar-refractivity contribution is -0.151. The molecule has 1 aromatic carbocycles. The van der Waals surface area contributed by atoms with Gasteiger partial charge in [-0.05, 0) is 53.5 Å². The fourth-order valence-electron chi connectivity index (χ4n) is 2.35. The molecule has 2 amide bonds. The molecule has 1 aromatic rings. The normalized spacial score (nSPS) is 12.5. The Morgan fingerprint density at radius 2 is 1.43 bits per heavy atom. The maximum Gasteiger partial charge on any atom is 0.420 e. The lowest BCUT2D eigenvalue weighted by Gasteiger charge is -2.32. The topological polar surface area (TPSA) is 99.2 Å². The molecule has 8 heteroatoms. The molecule has 0 heterocycles. The molecule has 0 N–H and O–H groups in total. The summed E-state index contributed by atoms with van der Waals surface area (Å²) in [4.78, 5) is 49.9. The predicted molar refractivity (Wildman–Crippen MR) is 110 cm³/mol. The highest BCUT2D eigenvalue weighted by Gasteiger charge is 2.40. The van der Waals surface area contributed by atoms with Crippen LogP contribution in [0.2, 0.25) is 0 Å². The number of rotatable bonds is 7. The second-order valence-electron chi connectivity index (χ2n) is 8.68. The van der Waals surface area contributed by atoms with Gasteiger partial charge in [0, 0.05) is 6.42 Å². The summed E-state index contributed by atoms with van der Waals surface area (Å²) in [5.41, 5.74) is -1.10. The number of carbonyl (C=O) groups is 4. The van der Waals surface area contributed by atoms with Crippen molar-refractivity contribution in [2.45, 2.75) is 78.2 Å². The maximum absolute atomic E-state index is 12.8. The summed E-state index contributed by atoms with van der Waals surface area (Å²) in [7, 11) is 0. The van der Waals surface area contributed by atoms with Crippen molar-refractivity contribution < 1.29 is 33.4 Å². The third-order valence-corrected chi connectivity index (χ3v) is 3.55. The number of imide groups is 1. The Morgan fingerprint density at radius 3 is 1.87 bits per heavy atom. The fraction of sp³-hybridized carbons (Fsp3) is 0.545. The standard InChI is InChI=1S/C22H31NO7/c1-21(2,3)29-19(26)23(20(27)30-22(4,5)6)17(13-10-14-24)18(25)28-15-16-11-8-7-9-12-16/h7-9,11-12,14,17H,10,13,15H2,1-6H3/t17-/m0/s1. The van der Waals surface area contributed by atoms with Gasteiger partial charge < -0.3 is 19.0 Å². The third kappa shape index (κ3) is 9.07. The van der Waals surface area contributed by atoms with Crippen molar-refractivity contribution in [1.29, 1.82) is 0 Å². The van der Waals surface area contributed by atoms with Crippen LogP contribution in [-0.2, 0) is 30.4 Å². The molecule has 0 aliphatic heterocycles. The van der Waals surface area contributed by atoms with Gasteiger partial charge in [0.2, 0.25) is 0 Å². The predicted octanol–water partition coefficient (Wildman–Crippen LogP) is 4.25. The number of ether oxygens (including phenoxy) is 3. The third-order valence-electron chi connectivity index (χ3n) is 3.55. The van der Waals surface area contributed by atoms with E-state index in [9.17, 15) is 19.2 Å². The highest BCUT2D eigenvalue weighted by atomic mass is 16.6. The molecular formula is C22H31NO7. The zero-order valence-corrected chi connectivity index (χ0v) is 18.5. The molecule has 1 atom stereocenters. The highest BCUT2D eigenvalue weighted by Crippen LogP contribution is 2.20. The van der Waals surface area contributed by atoms with Crippen LogP contribution < -0.4 is 0 Å². The quantitative estimate of drug-likeness (QED) is 0.369. The zero-order valence-electron chi connectivity index (χ0n) is 18.5. The van der Waals surface area contributed by atoms with Crippen LogP contribution in [0.15, 0.2) is 30.3 Å². The summed E-state index contributed by atoms with van der Waals surface area (Å²) < 4.78 is 15.9. The molecule has 30 heavy (non-hydrogen) atoms. The van der Waals surface area contributed by atoms with Crippen molar-refractivity contribution in [2.75, 3.05) is 0 Å². The van der Waals surface area contributed by atoms with Crippen molar-refractivity contribution >= 4 is 24.4 Å². The van der Waals surface area contributed by atoms with Crippen LogP contribution in [0.1, 0.15) is 59.9 Å². The van der Waals surface area contributed by atoms with Gasteiger partial charge in [-0.2, -0.15) is 4.90 Å². The summed E-state index contributed by atoms with van der Waals surface area (Å²) >= 11 is 0. The van der Waals surface area contributed by atoms with E-state index in [1.807, 2.05) is 6.07 Å². The molecule has 0 saturated carbocycles. The molecule has 0 fully saturated rings.